The molecule has 2 rings (SSSR count). The topological polar surface area (TPSA) is 98.5 Å². The van der Waals surface area contributed by atoms with Gasteiger partial charge in [-0.25, -0.2) is 9.78 Å². The number of hydroxylamine groups is 2. The van der Waals surface area contributed by atoms with Crippen molar-refractivity contribution in [3.63, 3.8) is 0 Å². The average molecular weight is 344 g/mol. The highest BCUT2D eigenvalue weighted by Gasteiger charge is 2.33. The van der Waals surface area contributed by atoms with E-state index in [1.54, 1.807) is 6.07 Å². The van der Waals surface area contributed by atoms with E-state index in [0.717, 1.165) is 12.1 Å². The van der Waals surface area contributed by atoms with E-state index in [1.165, 1.54) is 5.06 Å². The lowest BCUT2D eigenvalue weighted by molar-refractivity contribution is -0.141. The molecule has 24 heavy (non-hydrogen) atoms. The molecule has 1 saturated heterocycles. The lowest BCUT2D eigenvalue weighted by Gasteiger charge is -2.29. The summed E-state index contributed by atoms with van der Waals surface area (Å²) in [5, 5.41) is 21.6. The Labute approximate surface area is 135 Å². The summed E-state index contributed by atoms with van der Waals surface area (Å²) >= 11 is 0. The van der Waals surface area contributed by atoms with Crippen molar-refractivity contribution in [1.82, 2.24) is 10.0 Å². The second-order valence-electron chi connectivity index (χ2n) is 5.31. The first kappa shape index (κ1) is 17.8. The molecule has 0 spiro atoms. The maximum absolute atomic E-state index is 12.7. The maximum Gasteiger partial charge on any atom is 0.525 e. The summed E-state index contributed by atoms with van der Waals surface area (Å²) in [5.74, 6) is 0.0121. The van der Waals surface area contributed by atoms with Crippen LogP contribution >= 0.6 is 0 Å². The van der Waals surface area contributed by atoms with Crippen molar-refractivity contribution in [1.29, 1.82) is 5.26 Å². The summed E-state index contributed by atoms with van der Waals surface area (Å²) in [6.07, 6.45) is -4.73. The third kappa shape index (κ3) is 4.73. The van der Waals surface area contributed by atoms with Gasteiger partial charge in [0.25, 0.3) is 0 Å². The molecule has 0 aliphatic carbocycles. The number of piperidine rings is 1. The SMILES string of the molecule is N#Cc1ccc(C(F)(F)F)nc1NCC1CCN(OC(=O)O)CC1. The first-order valence-electron chi connectivity index (χ1n) is 7.17. The predicted octanol–water partition coefficient (Wildman–Crippen LogP) is 2.71. The standard InChI is InChI=1S/C14H15F3N4O3/c15-14(16,17)11-2-1-10(7-18)12(20-11)19-8-9-3-5-21(6-4-9)24-13(22)23/h1-2,9H,3-6,8H2,(H,19,20)(H,22,23). The molecule has 0 aromatic carbocycles. The Balaban J connectivity index is 1.95. The van der Waals surface area contributed by atoms with Crippen molar-refractivity contribution < 1.29 is 27.9 Å². The van der Waals surface area contributed by atoms with Crippen molar-refractivity contribution in [2.45, 2.75) is 19.0 Å². The van der Waals surface area contributed by atoms with Crippen LogP contribution in [0.2, 0.25) is 0 Å². The zero-order valence-electron chi connectivity index (χ0n) is 12.5. The van der Waals surface area contributed by atoms with Crippen LogP contribution in [0.25, 0.3) is 0 Å². The minimum absolute atomic E-state index is 0.0367. The summed E-state index contributed by atoms with van der Waals surface area (Å²) in [4.78, 5) is 18.5. The van der Waals surface area contributed by atoms with Gasteiger partial charge < -0.3 is 15.3 Å². The number of anilines is 1. The molecule has 2 N–H and O–H groups in total. The van der Waals surface area contributed by atoms with E-state index in [2.05, 4.69) is 15.1 Å². The number of carbonyl (C=O) groups is 1. The number of rotatable bonds is 4. The van der Waals surface area contributed by atoms with Crippen LogP contribution in [0.3, 0.4) is 0 Å². The normalized spacial score (nSPS) is 16.4. The Bertz CT molecular complexity index is 637. The molecular weight excluding hydrogens is 329 g/mol. The molecule has 0 radical (unpaired) electrons. The lowest BCUT2D eigenvalue weighted by atomic mass is 9.98. The number of halogens is 3. The number of nitrogens with one attached hydrogen (secondary N) is 1. The largest absolute Gasteiger partial charge is 0.525 e. The number of nitriles is 1. The van der Waals surface area contributed by atoms with Crippen LogP contribution in [0.4, 0.5) is 23.8 Å². The molecule has 1 aliphatic heterocycles. The number of pyridine rings is 1. The highest BCUT2D eigenvalue weighted by atomic mass is 19.4. The quantitative estimate of drug-likeness (QED) is 0.866. The van der Waals surface area contributed by atoms with Crippen LogP contribution in [-0.2, 0) is 11.0 Å². The van der Waals surface area contributed by atoms with E-state index in [0.29, 0.717) is 32.5 Å². The Kier molecular flexibility index (Phi) is 5.46. The van der Waals surface area contributed by atoms with Gasteiger partial charge in [0.15, 0.2) is 0 Å². The third-order valence-electron chi connectivity index (χ3n) is 3.65. The molecule has 1 fully saturated rings. The van der Waals surface area contributed by atoms with Gasteiger partial charge in [-0.2, -0.15) is 18.4 Å². The second-order valence-corrected chi connectivity index (χ2v) is 5.31. The molecule has 2 heterocycles. The van der Waals surface area contributed by atoms with E-state index in [-0.39, 0.29) is 17.3 Å². The van der Waals surface area contributed by atoms with Crippen LogP contribution in [0.15, 0.2) is 12.1 Å². The highest BCUT2D eigenvalue weighted by Crippen LogP contribution is 2.29. The van der Waals surface area contributed by atoms with Gasteiger partial charge in [-0.3, -0.25) is 0 Å². The zero-order valence-corrected chi connectivity index (χ0v) is 12.5. The fourth-order valence-electron chi connectivity index (χ4n) is 2.40. The van der Waals surface area contributed by atoms with Crippen molar-refractivity contribution in [2.75, 3.05) is 25.0 Å². The molecule has 7 nitrogen and oxygen atoms in total. The molecule has 1 aromatic heterocycles. The Morgan fingerprint density at radius 2 is 2.12 bits per heavy atom. The lowest BCUT2D eigenvalue weighted by Crippen LogP contribution is -2.37. The van der Waals surface area contributed by atoms with Gasteiger partial charge in [0.05, 0.1) is 5.56 Å². The molecule has 0 amide bonds. The van der Waals surface area contributed by atoms with E-state index in [9.17, 15) is 18.0 Å². The van der Waals surface area contributed by atoms with Gasteiger partial charge in [0.1, 0.15) is 17.6 Å². The first-order valence-corrected chi connectivity index (χ1v) is 7.17. The number of nitrogens with zero attached hydrogens (tertiary/aromatic N) is 3. The van der Waals surface area contributed by atoms with Crippen LogP contribution in [0.1, 0.15) is 24.1 Å². The molecule has 0 atom stereocenters. The fourth-order valence-corrected chi connectivity index (χ4v) is 2.40. The smallest absolute Gasteiger partial charge is 0.448 e. The Morgan fingerprint density at radius 1 is 1.46 bits per heavy atom. The molecule has 0 bridgehead atoms. The Hall–Kier alpha value is -2.54. The minimum Gasteiger partial charge on any atom is -0.448 e. The van der Waals surface area contributed by atoms with Crippen LogP contribution in [0.5, 0.6) is 0 Å². The first-order chi connectivity index (χ1) is 11.3. The maximum atomic E-state index is 12.7. The zero-order chi connectivity index (χ0) is 17.7. The van der Waals surface area contributed by atoms with E-state index in [1.807, 2.05) is 0 Å². The van der Waals surface area contributed by atoms with Gasteiger partial charge in [-0.1, -0.05) is 0 Å². The van der Waals surface area contributed by atoms with Gasteiger partial charge in [0.2, 0.25) is 0 Å². The van der Waals surface area contributed by atoms with Crippen molar-refractivity contribution >= 4 is 12.0 Å². The molecular formula is C14H15F3N4O3. The number of carboxylic acid groups (broad SMARTS) is 1. The molecule has 0 unspecified atom stereocenters. The Morgan fingerprint density at radius 3 is 2.67 bits per heavy atom. The summed E-state index contributed by atoms with van der Waals surface area (Å²) < 4.78 is 38.1. The summed E-state index contributed by atoms with van der Waals surface area (Å²) in [6, 6.07) is 3.66. The predicted molar refractivity (Wildman–Crippen MR) is 75.9 cm³/mol. The minimum atomic E-state index is -4.58. The fraction of sp³-hybridized carbons (Fsp3) is 0.500. The van der Waals surface area contributed by atoms with Crippen LogP contribution in [0, 0.1) is 17.2 Å². The molecule has 10 heteroatoms. The monoisotopic (exact) mass is 344 g/mol. The van der Waals surface area contributed by atoms with Crippen LogP contribution < -0.4 is 5.32 Å². The number of aromatic nitrogens is 1. The van der Waals surface area contributed by atoms with Crippen LogP contribution in [-0.4, -0.2) is 40.9 Å². The number of hydrogen-bond acceptors (Lipinski definition) is 6. The molecule has 1 aliphatic rings. The number of hydrogen-bond donors (Lipinski definition) is 2. The van der Waals surface area contributed by atoms with Crippen molar-refractivity contribution in [3.8, 4) is 6.07 Å². The van der Waals surface area contributed by atoms with Gasteiger partial charge in [0, 0.05) is 19.6 Å². The molecule has 1 aromatic rings. The summed E-state index contributed by atoms with van der Waals surface area (Å²) in [6.45, 7) is 1.14. The van der Waals surface area contributed by atoms with Crippen molar-refractivity contribution in [3.05, 3.63) is 23.4 Å². The highest BCUT2D eigenvalue weighted by molar-refractivity contribution is 5.56. The molecule has 0 saturated carbocycles. The summed E-state index contributed by atoms with van der Waals surface area (Å²) in [7, 11) is 0. The molecule has 130 valence electrons. The van der Waals surface area contributed by atoms with E-state index < -0.39 is 18.0 Å². The van der Waals surface area contributed by atoms with Gasteiger partial charge >= 0.3 is 12.3 Å². The van der Waals surface area contributed by atoms with Gasteiger partial charge in [-0.15, -0.1) is 5.06 Å². The van der Waals surface area contributed by atoms with Gasteiger partial charge in [-0.05, 0) is 30.9 Å². The number of alkyl halides is 3. The van der Waals surface area contributed by atoms with E-state index in [4.69, 9.17) is 10.4 Å². The van der Waals surface area contributed by atoms with E-state index >= 15 is 0 Å². The second kappa shape index (κ2) is 7.35. The average Bonchev–Trinajstić information content (AvgIpc) is 2.52. The van der Waals surface area contributed by atoms with Crippen molar-refractivity contribution in [2.24, 2.45) is 5.92 Å². The summed E-state index contributed by atoms with van der Waals surface area (Å²) in [5.41, 5.74) is -1.02. The third-order valence-corrected chi connectivity index (χ3v) is 3.65.